The number of nitrogens with zero attached hydrogens (tertiary/aromatic N) is 3. The summed E-state index contributed by atoms with van der Waals surface area (Å²) in [5.74, 6) is -0.775. The van der Waals surface area contributed by atoms with E-state index in [2.05, 4.69) is 15.4 Å². The minimum Gasteiger partial charge on any atom is -0.394 e. The van der Waals surface area contributed by atoms with Crippen LogP contribution in [0.25, 0.3) is 0 Å². The first kappa shape index (κ1) is 45.1. The van der Waals surface area contributed by atoms with E-state index in [4.69, 9.17) is 29.9 Å². The van der Waals surface area contributed by atoms with Crippen LogP contribution < -0.4 is 11.0 Å². The average molecular weight is 810 g/mol. The van der Waals surface area contributed by atoms with E-state index in [0.29, 0.717) is 17.7 Å². The molecule has 1 aromatic heterocycles. The fourth-order valence-electron chi connectivity index (χ4n) is 5.19. The maximum atomic E-state index is 13.7. The molecule has 24 heteroatoms. The van der Waals surface area contributed by atoms with E-state index in [9.17, 15) is 55.0 Å². The molecule has 0 bridgehead atoms. The van der Waals surface area contributed by atoms with Crippen molar-refractivity contribution < 1.29 is 80.1 Å². The van der Waals surface area contributed by atoms with Crippen molar-refractivity contribution in [2.45, 2.75) is 68.7 Å². The normalized spacial score (nSPS) is 20.1. The lowest BCUT2D eigenvalue weighted by atomic mass is 10.0. The molecule has 0 unspecified atom stereocenters. The molecule has 1 fully saturated rings. The smallest absolute Gasteiger partial charge is 0.394 e. The summed E-state index contributed by atoms with van der Waals surface area (Å²) in [5, 5.41) is 49.7. The lowest BCUT2D eigenvalue weighted by Gasteiger charge is -2.41. The molecule has 7 atom stereocenters. The monoisotopic (exact) mass is 809 g/mol. The first-order valence-corrected chi connectivity index (χ1v) is 17.3. The Hall–Kier alpha value is -3.32. The van der Waals surface area contributed by atoms with Crippen LogP contribution in [-0.2, 0) is 32.9 Å². The highest BCUT2D eigenvalue weighted by molar-refractivity contribution is 7.49. The number of H-pyrrole nitrogens is 1. The highest BCUT2D eigenvalue weighted by Gasteiger charge is 2.40. The molecule has 0 radical (unpaired) electrons. The fourth-order valence-corrected chi connectivity index (χ4v) is 5.70. The Balaban J connectivity index is 0.000000515. The average Bonchev–Trinajstić information content (AvgIpc) is 3.47. The summed E-state index contributed by atoms with van der Waals surface area (Å²) >= 11 is 0. The van der Waals surface area contributed by atoms with Crippen molar-refractivity contribution in [1.29, 1.82) is 0 Å². The number of ether oxygens (including phenoxy) is 2. The minimum absolute atomic E-state index is 0.00603. The van der Waals surface area contributed by atoms with Crippen LogP contribution in [0.3, 0.4) is 0 Å². The van der Waals surface area contributed by atoms with Crippen LogP contribution in [0.2, 0.25) is 0 Å². The Kier molecular flexibility index (Phi) is 15.5. The Labute approximate surface area is 301 Å². The van der Waals surface area contributed by atoms with Crippen LogP contribution >= 0.6 is 7.75 Å². The van der Waals surface area contributed by atoms with Crippen LogP contribution in [-0.4, -0.2) is 119 Å². The third-order valence-corrected chi connectivity index (χ3v) is 8.73. The van der Waals surface area contributed by atoms with Gasteiger partial charge in [0.1, 0.15) is 30.0 Å². The summed E-state index contributed by atoms with van der Waals surface area (Å²) in [6, 6.07) is 5.01. The van der Waals surface area contributed by atoms with Crippen molar-refractivity contribution in [3.05, 3.63) is 86.8 Å². The van der Waals surface area contributed by atoms with Crippen LogP contribution in [0, 0.1) is 5.82 Å². The molecule has 0 amide bonds. The number of benzene rings is 2. The molecular formula is C30H39F7N5O11P. The Morgan fingerprint density at radius 2 is 1.56 bits per heavy atom. The number of halogens is 7. The molecule has 0 saturated carbocycles. The molecule has 54 heavy (non-hydrogen) atoms. The van der Waals surface area contributed by atoms with E-state index >= 15 is 0 Å². The Bertz CT molecular complexity index is 1730. The molecule has 4 rings (SSSR count). The number of nitrogens with one attached hydrogen (secondary N) is 2. The third-order valence-electron chi connectivity index (χ3n) is 7.94. The van der Waals surface area contributed by atoms with E-state index in [1.54, 1.807) is 11.9 Å². The number of morpholine rings is 1. The van der Waals surface area contributed by atoms with E-state index in [1.807, 2.05) is 0 Å². The van der Waals surface area contributed by atoms with E-state index in [1.165, 1.54) is 19.1 Å². The zero-order chi connectivity index (χ0) is 40.8. The number of aromatic amines is 1. The summed E-state index contributed by atoms with van der Waals surface area (Å²) in [7, 11) is -3.47. The van der Waals surface area contributed by atoms with Crippen molar-refractivity contribution in [1.82, 2.24) is 24.8 Å². The molecule has 0 aliphatic carbocycles. The van der Waals surface area contributed by atoms with Crippen molar-refractivity contribution in [3.8, 4) is 0 Å². The number of hydrogen-bond donors (Lipinski definition) is 9. The fraction of sp³-hybridized carbons (Fsp3) is 0.533. The number of likely N-dealkylation sites (N-methyl/N-ethyl adjacent to an activating group) is 1. The highest BCUT2D eigenvalue weighted by atomic mass is 31.2. The van der Waals surface area contributed by atoms with Crippen LogP contribution in [0.4, 0.5) is 30.7 Å². The summed E-state index contributed by atoms with van der Waals surface area (Å²) in [4.78, 5) is 35.7. The maximum Gasteiger partial charge on any atom is 0.452 e. The van der Waals surface area contributed by atoms with Gasteiger partial charge in [0.25, 0.3) is 0 Å². The third kappa shape index (κ3) is 12.1. The summed E-state index contributed by atoms with van der Waals surface area (Å²) in [6.07, 6.45) is -18.5. The van der Waals surface area contributed by atoms with Crippen molar-refractivity contribution in [2.24, 2.45) is 0 Å². The molecule has 2 heterocycles. The molecule has 304 valence electrons. The van der Waals surface area contributed by atoms with Gasteiger partial charge in [-0.05, 0) is 55.4 Å². The lowest BCUT2D eigenvalue weighted by molar-refractivity contribution is -0.231. The van der Waals surface area contributed by atoms with Gasteiger partial charge in [-0.3, -0.25) is 10.00 Å². The second kappa shape index (κ2) is 18.5. The Morgan fingerprint density at radius 1 is 1.00 bits per heavy atom. The molecular weight excluding hydrogens is 770 g/mol. The van der Waals surface area contributed by atoms with E-state index < -0.39 is 97.8 Å². The zero-order valence-corrected chi connectivity index (χ0v) is 29.2. The zero-order valence-electron chi connectivity index (χ0n) is 28.3. The first-order valence-electron chi connectivity index (χ1n) is 15.8. The quantitative estimate of drug-likeness (QED) is 0.0865. The first-order chi connectivity index (χ1) is 25.0. The Morgan fingerprint density at radius 3 is 2.04 bits per heavy atom. The largest absolute Gasteiger partial charge is 0.452 e. The van der Waals surface area contributed by atoms with E-state index in [0.717, 1.165) is 12.1 Å². The molecule has 1 aliphatic rings. The second-order valence-electron chi connectivity index (χ2n) is 12.0. The van der Waals surface area contributed by atoms with Gasteiger partial charge in [-0.1, -0.05) is 12.1 Å². The predicted octanol–water partition coefficient (Wildman–Crippen LogP) is 1.01. The number of rotatable bonds is 13. The second-order valence-corrected chi connectivity index (χ2v) is 13.4. The highest BCUT2D eigenvalue weighted by Crippen LogP contribution is 2.40. The van der Waals surface area contributed by atoms with Gasteiger partial charge in [0.2, 0.25) is 0 Å². The number of aliphatic hydroxyl groups is 5. The van der Waals surface area contributed by atoms with Gasteiger partial charge in [0.15, 0.2) is 6.29 Å². The topological polar surface area (TPSA) is 243 Å². The van der Waals surface area contributed by atoms with Crippen LogP contribution in [0.5, 0.6) is 0 Å². The SMILES string of the molecule is CNC[C@H](O)[C@@H](O)[C@H](O)[C@H](O)CO.C[C@@H](O[C@H]1OCCN(Cc2nc(=O)n(P(=O)(O)O)[nH]2)[C@H]1c1ccc(F)cc1)c1cc(C(F)(F)F)cc(C(F)(F)F)c1. The molecule has 3 aromatic rings. The van der Waals surface area contributed by atoms with Gasteiger partial charge >= 0.3 is 25.8 Å². The molecule has 0 spiro atoms. The molecule has 2 aromatic carbocycles. The molecule has 1 aliphatic heterocycles. The number of aliphatic hydroxyl groups excluding tert-OH is 5. The maximum absolute atomic E-state index is 13.7. The minimum atomic E-state index is -5.07. The van der Waals surface area contributed by atoms with Crippen LogP contribution in [0.15, 0.2) is 47.3 Å². The lowest BCUT2D eigenvalue weighted by Crippen LogP contribution is -2.48. The standard InChI is InChI=1S/C23H22F7N4O6P.C7H17NO5/c1-12(14-8-15(22(25,26)27)10-16(9-14)23(28,29)30)40-20-19(13-2-4-17(24)5-3-13)33(6-7-39-20)11-18-31-21(35)34(32-18)41(36,37)38;1-8-2-4(10)6(12)7(13)5(11)3-9/h2-5,8-10,12,19-20H,6-7,11H2,1H3,(H,31,32,35)(H2,36,37,38);4-13H,2-3H2,1H3/t12-,19+,20-;4-,5+,6+,7+/m10/s1. The van der Waals surface area contributed by atoms with Gasteiger partial charge < -0.3 is 50.1 Å². The van der Waals surface area contributed by atoms with Gasteiger partial charge in [-0.25, -0.2) is 13.8 Å². The number of hydrogen-bond acceptors (Lipinski definition) is 12. The summed E-state index contributed by atoms with van der Waals surface area (Å²) < 4.78 is 117. The summed E-state index contributed by atoms with van der Waals surface area (Å²) in [6.45, 7) is 0.473. The van der Waals surface area contributed by atoms with Gasteiger partial charge in [0, 0.05) is 13.1 Å². The van der Waals surface area contributed by atoms with Gasteiger partial charge in [-0.15, -0.1) is 4.45 Å². The molecule has 1 saturated heterocycles. The summed E-state index contributed by atoms with van der Waals surface area (Å²) in [5.41, 5.74) is -4.38. The van der Waals surface area contributed by atoms with Gasteiger partial charge in [0.05, 0.1) is 49.1 Å². The predicted molar refractivity (Wildman–Crippen MR) is 171 cm³/mol. The number of aromatic nitrogens is 3. The van der Waals surface area contributed by atoms with Crippen molar-refractivity contribution in [3.63, 3.8) is 0 Å². The van der Waals surface area contributed by atoms with Gasteiger partial charge in [-0.2, -0.15) is 31.3 Å². The van der Waals surface area contributed by atoms with Crippen LogP contribution in [0.1, 0.15) is 47.1 Å². The molecule has 16 nitrogen and oxygen atoms in total. The van der Waals surface area contributed by atoms with Crippen molar-refractivity contribution in [2.75, 3.05) is 33.4 Å². The van der Waals surface area contributed by atoms with E-state index in [-0.39, 0.29) is 42.6 Å². The number of alkyl halides is 6. The van der Waals surface area contributed by atoms with Crippen molar-refractivity contribution >= 4 is 7.75 Å². The molecule has 9 N–H and O–H groups in total.